The van der Waals surface area contributed by atoms with Crippen LogP contribution in [0.4, 0.5) is 0 Å². The lowest BCUT2D eigenvalue weighted by Gasteiger charge is -2.24. The number of thiol groups is 1. The van der Waals surface area contributed by atoms with Crippen molar-refractivity contribution in [3.63, 3.8) is 0 Å². The molecule has 0 radical (unpaired) electrons. The van der Waals surface area contributed by atoms with Crippen molar-refractivity contribution in [2.75, 3.05) is 0 Å². The number of nitrogens with zero attached hydrogens (tertiary/aromatic N) is 2. The van der Waals surface area contributed by atoms with Crippen LogP contribution in [0.5, 0.6) is 0 Å². The highest BCUT2D eigenvalue weighted by Crippen LogP contribution is 2.29. The normalized spacial score (nSPS) is 19.1. The molecule has 0 saturated heterocycles. The van der Waals surface area contributed by atoms with Gasteiger partial charge < -0.3 is 5.32 Å². The monoisotopic (exact) mass is 210 g/mol. The van der Waals surface area contributed by atoms with Crippen molar-refractivity contribution in [2.45, 2.75) is 20.8 Å². The van der Waals surface area contributed by atoms with Crippen LogP contribution in [0.2, 0.25) is 0 Å². The van der Waals surface area contributed by atoms with Crippen LogP contribution in [0, 0.1) is 10.8 Å². The van der Waals surface area contributed by atoms with Gasteiger partial charge in [-0.15, -0.1) is 17.7 Å². The fraction of sp³-hybridized carbons (Fsp3) is 0.444. The number of rotatable bonds is 1. The first-order valence-electron chi connectivity index (χ1n) is 4.27. The third kappa shape index (κ3) is 2.45. The molecule has 1 rings (SSSR count). The van der Waals surface area contributed by atoms with Gasteiger partial charge in [-0.25, -0.2) is 0 Å². The van der Waals surface area contributed by atoms with Crippen LogP contribution in [0.3, 0.4) is 0 Å². The standard InChI is InChI=1S/C9H14N4S/c1-9(2,3)7(8(10)14)6-4-12-13-5-11-6/h4-5H,1-3H3,(H2,10,14)(H,11,13)/b7-6+. The largest absolute Gasteiger partial charge is 0.343 e. The highest BCUT2D eigenvalue weighted by Gasteiger charge is 2.23. The maximum Gasteiger partial charge on any atom is 0.115 e. The summed E-state index contributed by atoms with van der Waals surface area (Å²) >= 11 is 4.08. The molecule has 0 amide bonds. The van der Waals surface area contributed by atoms with Crippen LogP contribution in [0.15, 0.2) is 21.5 Å². The third-order valence-corrected chi connectivity index (χ3v) is 2.01. The Balaban J connectivity index is 3.16. The van der Waals surface area contributed by atoms with Gasteiger partial charge in [-0.2, -0.15) is 5.10 Å². The first-order chi connectivity index (χ1) is 6.43. The van der Waals surface area contributed by atoms with Gasteiger partial charge in [0, 0.05) is 5.57 Å². The van der Waals surface area contributed by atoms with Gasteiger partial charge >= 0.3 is 0 Å². The van der Waals surface area contributed by atoms with Crippen molar-refractivity contribution < 1.29 is 0 Å². The zero-order chi connectivity index (χ0) is 10.8. The van der Waals surface area contributed by atoms with Crippen molar-refractivity contribution in [3.05, 3.63) is 11.3 Å². The average molecular weight is 210 g/mol. The van der Waals surface area contributed by atoms with E-state index in [0.717, 1.165) is 11.3 Å². The summed E-state index contributed by atoms with van der Waals surface area (Å²) in [6.45, 7) is 6.09. The average Bonchev–Trinajstić information content (AvgIpc) is 2.02. The molecule has 0 bridgehead atoms. The van der Waals surface area contributed by atoms with E-state index in [2.05, 4.69) is 28.1 Å². The van der Waals surface area contributed by atoms with Gasteiger partial charge in [0.2, 0.25) is 0 Å². The van der Waals surface area contributed by atoms with E-state index < -0.39 is 0 Å². The van der Waals surface area contributed by atoms with Crippen LogP contribution in [-0.4, -0.2) is 17.6 Å². The van der Waals surface area contributed by atoms with Crippen LogP contribution < -0.4 is 5.32 Å². The van der Waals surface area contributed by atoms with E-state index in [4.69, 9.17) is 5.41 Å². The Bertz CT molecular complexity index is 333. The van der Waals surface area contributed by atoms with Crippen LogP contribution in [0.25, 0.3) is 0 Å². The molecule has 0 fully saturated rings. The van der Waals surface area contributed by atoms with Crippen molar-refractivity contribution in [1.29, 1.82) is 5.41 Å². The molecule has 0 aliphatic carbocycles. The highest BCUT2D eigenvalue weighted by molar-refractivity contribution is 7.97. The smallest absolute Gasteiger partial charge is 0.115 e. The van der Waals surface area contributed by atoms with E-state index in [-0.39, 0.29) is 10.5 Å². The molecule has 1 aliphatic heterocycles. The minimum absolute atomic E-state index is 0.141. The SMILES string of the molecule is CC(C)(C)/C(C(=N)S)=C1\C=NN=CN1. The first-order valence-corrected chi connectivity index (χ1v) is 4.71. The topological polar surface area (TPSA) is 60.6 Å². The van der Waals surface area contributed by atoms with Crippen molar-refractivity contribution in [2.24, 2.45) is 15.6 Å². The summed E-state index contributed by atoms with van der Waals surface area (Å²) in [5.41, 5.74) is 1.47. The maximum atomic E-state index is 7.60. The second kappa shape index (κ2) is 3.96. The Morgan fingerprint density at radius 1 is 1.43 bits per heavy atom. The Morgan fingerprint density at radius 2 is 2.07 bits per heavy atom. The molecule has 2 N–H and O–H groups in total. The fourth-order valence-electron chi connectivity index (χ4n) is 1.28. The third-order valence-electron chi connectivity index (χ3n) is 1.79. The fourth-order valence-corrected chi connectivity index (χ4v) is 1.74. The van der Waals surface area contributed by atoms with E-state index in [1.807, 2.05) is 20.8 Å². The molecule has 0 aromatic carbocycles. The minimum Gasteiger partial charge on any atom is -0.343 e. The summed E-state index contributed by atoms with van der Waals surface area (Å²) in [6.07, 6.45) is 3.10. The van der Waals surface area contributed by atoms with E-state index in [1.165, 1.54) is 6.34 Å². The Kier molecular flexibility index (Phi) is 3.10. The van der Waals surface area contributed by atoms with E-state index in [1.54, 1.807) is 6.21 Å². The van der Waals surface area contributed by atoms with Gasteiger partial charge in [0.25, 0.3) is 0 Å². The summed E-state index contributed by atoms with van der Waals surface area (Å²) in [6, 6.07) is 0. The molecule has 0 spiro atoms. The molecule has 5 heteroatoms. The number of hydrogen-bond acceptors (Lipinski definition) is 4. The molecule has 1 aliphatic rings. The quantitative estimate of drug-likeness (QED) is 0.345. The maximum absolute atomic E-state index is 7.60. The highest BCUT2D eigenvalue weighted by atomic mass is 32.1. The van der Waals surface area contributed by atoms with E-state index in [0.29, 0.717) is 0 Å². The summed E-state index contributed by atoms with van der Waals surface area (Å²) < 4.78 is 0. The molecule has 76 valence electrons. The van der Waals surface area contributed by atoms with E-state index in [9.17, 15) is 0 Å². The molecule has 0 saturated carbocycles. The summed E-state index contributed by atoms with van der Waals surface area (Å²) in [5, 5.41) is 18.2. The zero-order valence-corrected chi connectivity index (χ0v) is 9.39. The molecule has 4 nitrogen and oxygen atoms in total. The first kappa shape index (κ1) is 11.0. The molecule has 0 atom stereocenters. The molecule has 0 aromatic rings. The predicted molar refractivity (Wildman–Crippen MR) is 63.3 cm³/mol. The lowest BCUT2D eigenvalue weighted by Crippen LogP contribution is -2.25. The summed E-state index contributed by atoms with van der Waals surface area (Å²) in [4.78, 5) is 0. The summed E-state index contributed by atoms with van der Waals surface area (Å²) in [7, 11) is 0. The Hall–Kier alpha value is -1.10. The van der Waals surface area contributed by atoms with Crippen molar-refractivity contribution >= 4 is 30.2 Å². The Morgan fingerprint density at radius 3 is 2.43 bits per heavy atom. The number of hydrogen-bond donors (Lipinski definition) is 3. The van der Waals surface area contributed by atoms with E-state index >= 15 is 0 Å². The van der Waals surface area contributed by atoms with Gasteiger partial charge in [-0.05, 0) is 5.41 Å². The number of allylic oxidation sites excluding steroid dienone is 1. The molecule has 14 heavy (non-hydrogen) atoms. The molecular formula is C9H14N4S. The second-order valence-corrected chi connectivity index (χ2v) is 4.47. The molecule has 1 heterocycles. The molecule has 0 unspecified atom stereocenters. The van der Waals surface area contributed by atoms with Crippen LogP contribution in [-0.2, 0) is 0 Å². The molecular weight excluding hydrogens is 196 g/mol. The molecule has 0 aromatic heterocycles. The van der Waals surface area contributed by atoms with Gasteiger partial charge in [-0.3, -0.25) is 5.41 Å². The predicted octanol–water partition coefficient (Wildman–Crippen LogP) is 1.81. The Labute approximate surface area is 89.1 Å². The van der Waals surface area contributed by atoms with Gasteiger partial charge in [-0.1, -0.05) is 20.8 Å². The zero-order valence-electron chi connectivity index (χ0n) is 8.50. The minimum atomic E-state index is -0.141. The van der Waals surface area contributed by atoms with Gasteiger partial charge in [0.15, 0.2) is 0 Å². The lowest BCUT2D eigenvalue weighted by molar-refractivity contribution is 0.521. The van der Waals surface area contributed by atoms with Crippen molar-refractivity contribution in [3.8, 4) is 0 Å². The van der Waals surface area contributed by atoms with Gasteiger partial charge in [0.05, 0.1) is 17.0 Å². The number of nitrogens with one attached hydrogen (secondary N) is 2. The van der Waals surface area contributed by atoms with Crippen LogP contribution >= 0.6 is 12.6 Å². The summed E-state index contributed by atoms with van der Waals surface area (Å²) in [5.74, 6) is 0. The lowest BCUT2D eigenvalue weighted by atomic mass is 9.85. The second-order valence-electron chi connectivity index (χ2n) is 4.02. The van der Waals surface area contributed by atoms with Crippen molar-refractivity contribution in [1.82, 2.24) is 5.32 Å². The van der Waals surface area contributed by atoms with Crippen LogP contribution in [0.1, 0.15) is 20.8 Å². The van der Waals surface area contributed by atoms with Gasteiger partial charge in [0.1, 0.15) is 6.34 Å².